The molecule has 0 spiro atoms. The monoisotopic (exact) mass is 548 g/mol. The molecule has 12 heteroatoms. The number of allylic oxidation sites excluding steroid dienone is 1. The van der Waals surface area contributed by atoms with E-state index in [0.717, 1.165) is 12.3 Å². The second-order valence-electron chi connectivity index (χ2n) is 8.96. The molecule has 2 amide bonds. The van der Waals surface area contributed by atoms with Crippen LogP contribution in [0.1, 0.15) is 45.5 Å². The van der Waals surface area contributed by atoms with Gasteiger partial charge in [-0.3, -0.25) is 19.5 Å². The Kier molecular flexibility index (Phi) is 8.76. The van der Waals surface area contributed by atoms with E-state index in [1.165, 1.54) is 49.8 Å². The fourth-order valence-corrected chi connectivity index (χ4v) is 4.07. The minimum Gasteiger partial charge on any atom is -0.442 e. The number of alkyl halides is 3. The van der Waals surface area contributed by atoms with E-state index in [9.17, 15) is 22.8 Å². The molecule has 2 aromatic heterocycles. The van der Waals surface area contributed by atoms with E-state index in [1.807, 2.05) is 4.90 Å². The molecule has 40 heavy (non-hydrogen) atoms. The molecule has 0 atom stereocenters. The summed E-state index contributed by atoms with van der Waals surface area (Å²) in [7, 11) is 0. The molecule has 0 saturated carbocycles. The maximum atomic E-state index is 13.9. The smallest absolute Gasteiger partial charge is 0.416 e. The van der Waals surface area contributed by atoms with Gasteiger partial charge in [-0.25, -0.2) is 0 Å². The van der Waals surface area contributed by atoms with Crippen molar-refractivity contribution in [2.45, 2.75) is 19.6 Å². The molecule has 4 rings (SSSR count). The molecular weight excluding hydrogens is 523 g/mol. The summed E-state index contributed by atoms with van der Waals surface area (Å²) in [4.78, 5) is 40.1. The number of halogens is 3. The van der Waals surface area contributed by atoms with Crippen molar-refractivity contribution in [2.24, 2.45) is 0 Å². The Morgan fingerprint density at radius 3 is 2.62 bits per heavy atom. The Hall–Kier alpha value is -4.76. The number of nitrogens with zero attached hydrogens (tertiary/aromatic N) is 5. The number of aromatic nitrogens is 3. The van der Waals surface area contributed by atoms with Crippen LogP contribution in [0.3, 0.4) is 0 Å². The number of carbonyl (C=O) groups excluding carboxylic acids is 2. The van der Waals surface area contributed by atoms with Crippen molar-refractivity contribution in [2.75, 3.05) is 31.5 Å². The highest BCUT2D eigenvalue weighted by Gasteiger charge is 2.34. The predicted octanol–water partition coefficient (Wildman–Crippen LogP) is 3.43. The van der Waals surface area contributed by atoms with Crippen LogP contribution in [-0.2, 0) is 17.5 Å². The zero-order valence-corrected chi connectivity index (χ0v) is 21.5. The van der Waals surface area contributed by atoms with Gasteiger partial charge in [-0.2, -0.15) is 13.2 Å². The fraction of sp³-hybridized carbons (Fsp3) is 0.250. The third-order valence-corrected chi connectivity index (χ3v) is 6.12. The van der Waals surface area contributed by atoms with Gasteiger partial charge in [0.05, 0.1) is 11.1 Å². The lowest BCUT2D eigenvalue weighted by atomic mass is 10.0. The van der Waals surface area contributed by atoms with Crippen LogP contribution < -0.4 is 10.3 Å². The number of rotatable bonds is 6. The molecule has 3 heterocycles. The number of hydrogen-bond donors (Lipinski definition) is 2. The molecule has 1 aromatic carbocycles. The summed E-state index contributed by atoms with van der Waals surface area (Å²) >= 11 is 0. The molecule has 2 N–H and O–H groups in total. The first-order valence-corrected chi connectivity index (χ1v) is 12.3. The second-order valence-corrected chi connectivity index (χ2v) is 8.96. The first kappa shape index (κ1) is 28.3. The number of pyridine rings is 1. The van der Waals surface area contributed by atoms with Crippen LogP contribution in [0, 0.1) is 17.3 Å². The summed E-state index contributed by atoms with van der Waals surface area (Å²) in [6.07, 6.45) is 3.72. The molecule has 1 aliphatic heterocycles. The normalized spacial score (nSPS) is 14.1. The van der Waals surface area contributed by atoms with Crippen LogP contribution in [0.15, 0.2) is 48.9 Å². The average molecular weight is 549 g/mol. The van der Waals surface area contributed by atoms with Gasteiger partial charge in [0.1, 0.15) is 0 Å². The first-order valence-electron chi connectivity index (χ1n) is 12.3. The van der Waals surface area contributed by atoms with Gasteiger partial charge in [0.25, 0.3) is 5.91 Å². The highest BCUT2D eigenvalue weighted by Crippen LogP contribution is 2.34. The third-order valence-electron chi connectivity index (χ3n) is 6.12. The maximum absolute atomic E-state index is 13.9. The van der Waals surface area contributed by atoms with Crippen LogP contribution in [0.5, 0.6) is 0 Å². The number of anilines is 1. The predicted molar refractivity (Wildman–Crippen MR) is 143 cm³/mol. The number of benzene rings is 1. The largest absolute Gasteiger partial charge is 0.442 e. The molecule has 1 fully saturated rings. The van der Waals surface area contributed by atoms with Crippen molar-refractivity contribution < 1.29 is 22.8 Å². The number of imidazole rings is 1. The van der Waals surface area contributed by atoms with E-state index in [-0.39, 0.29) is 29.3 Å². The molecule has 0 radical (unpaired) electrons. The Morgan fingerprint density at radius 1 is 1.15 bits per heavy atom. The second kappa shape index (κ2) is 12.4. The van der Waals surface area contributed by atoms with Crippen molar-refractivity contribution in [1.82, 2.24) is 24.8 Å². The van der Waals surface area contributed by atoms with Crippen LogP contribution in [0.25, 0.3) is 6.08 Å². The van der Waals surface area contributed by atoms with Gasteiger partial charge in [-0.15, -0.1) is 0 Å². The highest BCUT2D eigenvalue weighted by atomic mass is 19.4. The molecule has 9 nitrogen and oxygen atoms in total. The van der Waals surface area contributed by atoms with Crippen LogP contribution >= 0.6 is 0 Å². The molecule has 0 bridgehead atoms. The van der Waals surface area contributed by atoms with Gasteiger partial charge in [0.15, 0.2) is 0 Å². The van der Waals surface area contributed by atoms with Crippen LogP contribution in [0.2, 0.25) is 0 Å². The first-order chi connectivity index (χ1) is 19.1. The highest BCUT2D eigenvalue weighted by molar-refractivity contribution is 6.04. The minimum atomic E-state index is -4.62. The van der Waals surface area contributed by atoms with Gasteiger partial charge < -0.3 is 25.6 Å². The molecule has 206 valence electrons. The van der Waals surface area contributed by atoms with Crippen molar-refractivity contribution in [1.29, 1.82) is 5.41 Å². The molecular formula is C28H25F3N7O2-. The van der Waals surface area contributed by atoms with E-state index < -0.39 is 17.6 Å². The summed E-state index contributed by atoms with van der Waals surface area (Å²) in [6, 6.07) is 5.20. The van der Waals surface area contributed by atoms with E-state index in [2.05, 4.69) is 32.1 Å². The topological polar surface area (TPSA) is 116 Å². The SMILES string of the molecule is CC(=O)N1CCN(Cc2ccc(NC(=O)c3cncc(C#Cc4c[n-]c(/C=C\C=N)n4)c3)cc2C(F)(F)F)CC1. The number of nitrogens with one attached hydrogen (secondary N) is 2. The summed E-state index contributed by atoms with van der Waals surface area (Å²) in [5.74, 6) is 5.36. The lowest BCUT2D eigenvalue weighted by molar-refractivity contribution is -0.138. The Morgan fingerprint density at radius 2 is 1.93 bits per heavy atom. The summed E-state index contributed by atoms with van der Waals surface area (Å²) < 4.78 is 41.8. The maximum Gasteiger partial charge on any atom is 0.416 e. The quantitative estimate of drug-likeness (QED) is 0.360. The van der Waals surface area contributed by atoms with Crippen LogP contribution in [0.4, 0.5) is 18.9 Å². The van der Waals surface area contributed by atoms with E-state index >= 15 is 0 Å². The molecule has 1 aliphatic rings. The minimum absolute atomic E-state index is 0.00321. The summed E-state index contributed by atoms with van der Waals surface area (Å²) in [5, 5.41) is 9.50. The van der Waals surface area contributed by atoms with Gasteiger partial charge in [-0.1, -0.05) is 36.0 Å². The number of carbonyl (C=O) groups is 2. The standard InChI is InChI=1S/C28H26F3N7O2/c1-19(39)38-11-9-37(10-12-38)18-21-5-7-23(14-25(21)28(29,30)31)36-27(40)22-13-20(15-33-16-22)4-6-24-17-34-26(35-24)3-2-8-32/h2-3,5,7-8,13-17H,9-12,18H2,1H3,(H3,32,34,35,36,40)/p-1. The molecule has 0 unspecified atom stereocenters. The van der Waals surface area contributed by atoms with Crippen molar-refractivity contribution >= 4 is 29.8 Å². The number of hydrogen-bond acceptors (Lipinski definition) is 6. The Labute approximate surface area is 228 Å². The summed E-state index contributed by atoms with van der Waals surface area (Å²) in [5.41, 5.74) is 0.173. The molecule has 1 saturated heterocycles. The van der Waals surface area contributed by atoms with Gasteiger partial charge >= 0.3 is 6.18 Å². The zero-order chi connectivity index (χ0) is 28.7. The Bertz CT molecular complexity index is 1490. The average Bonchev–Trinajstić information content (AvgIpc) is 3.39. The van der Waals surface area contributed by atoms with Crippen LogP contribution in [-0.4, -0.2) is 64.0 Å². The van der Waals surface area contributed by atoms with E-state index in [4.69, 9.17) is 5.41 Å². The van der Waals surface area contributed by atoms with Crippen molar-refractivity contribution in [3.63, 3.8) is 0 Å². The van der Waals surface area contributed by atoms with Gasteiger partial charge in [0, 0.05) is 75.2 Å². The molecule has 3 aromatic rings. The number of amides is 2. The zero-order valence-electron chi connectivity index (χ0n) is 21.5. The van der Waals surface area contributed by atoms with Gasteiger partial charge in [-0.05, 0) is 29.8 Å². The Balaban J connectivity index is 1.46. The van der Waals surface area contributed by atoms with E-state index in [0.29, 0.717) is 43.3 Å². The van der Waals surface area contributed by atoms with E-state index in [1.54, 1.807) is 11.0 Å². The molecule has 0 aliphatic carbocycles. The summed E-state index contributed by atoms with van der Waals surface area (Å²) in [6.45, 7) is 3.43. The number of piperazine rings is 1. The van der Waals surface area contributed by atoms with Crippen molar-refractivity contribution in [3.8, 4) is 11.8 Å². The lowest BCUT2D eigenvalue weighted by Gasteiger charge is -2.34. The fourth-order valence-electron chi connectivity index (χ4n) is 4.07. The van der Waals surface area contributed by atoms with Gasteiger partial charge in [0.2, 0.25) is 5.91 Å². The van der Waals surface area contributed by atoms with Crippen molar-refractivity contribution in [3.05, 3.63) is 82.7 Å². The lowest BCUT2D eigenvalue weighted by Crippen LogP contribution is -2.47. The third kappa shape index (κ3) is 7.42.